The zero-order valence-corrected chi connectivity index (χ0v) is 9.65. The summed E-state index contributed by atoms with van der Waals surface area (Å²) < 4.78 is 0. The summed E-state index contributed by atoms with van der Waals surface area (Å²) in [5, 5.41) is 19.0. The van der Waals surface area contributed by atoms with Gasteiger partial charge in [0, 0.05) is 0 Å². The van der Waals surface area contributed by atoms with Crippen molar-refractivity contribution in [2.45, 2.75) is 52.1 Å². The number of aliphatic hydroxyl groups excluding tert-OH is 1. The van der Waals surface area contributed by atoms with E-state index < -0.39 is 12.1 Å². The van der Waals surface area contributed by atoms with Crippen LogP contribution in [0, 0.1) is 17.8 Å². The zero-order chi connectivity index (χ0) is 11.4. The molecule has 0 saturated heterocycles. The molecule has 1 fully saturated rings. The predicted octanol–water partition coefficient (Wildman–Crippen LogP) is 2.28. The van der Waals surface area contributed by atoms with Gasteiger partial charge in [0.15, 0.2) is 0 Å². The molecule has 15 heavy (non-hydrogen) atoms. The molecule has 0 heterocycles. The maximum atomic E-state index is 11.2. The second kappa shape index (κ2) is 5.50. The number of carboxylic acids is 1. The summed E-state index contributed by atoms with van der Waals surface area (Å²) in [6.07, 6.45) is 4.00. The molecule has 3 unspecified atom stereocenters. The number of aliphatic hydroxyl groups is 1. The first-order chi connectivity index (χ1) is 7.02. The van der Waals surface area contributed by atoms with Gasteiger partial charge in [0.25, 0.3) is 0 Å². The minimum absolute atomic E-state index is 0.0290. The van der Waals surface area contributed by atoms with Crippen molar-refractivity contribution < 1.29 is 15.0 Å². The molecule has 88 valence electrons. The van der Waals surface area contributed by atoms with Crippen molar-refractivity contribution in [3.05, 3.63) is 0 Å². The lowest BCUT2D eigenvalue weighted by molar-refractivity contribution is -0.147. The first-order valence-corrected chi connectivity index (χ1v) is 5.93. The summed E-state index contributed by atoms with van der Waals surface area (Å²) in [7, 11) is 0. The maximum Gasteiger partial charge on any atom is 0.306 e. The van der Waals surface area contributed by atoms with E-state index in [4.69, 9.17) is 0 Å². The van der Waals surface area contributed by atoms with Crippen LogP contribution in [0.3, 0.4) is 0 Å². The number of hydrogen-bond acceptors (Lipinski definition) is 2. The topological polar surface area (TPSA) is 57.5 Å². The van der Waals surface area contributed by atoms with Crippen LogP contribution in [0.15, 0.2) is 0 Å². The quantitative estimate of drug-likeness (QED) is 0.755. The van der Waals surface area contributed by atoms with Crippen molar-refractivity contribution in [2.75, 3.05) is 0 Å². The minimum atomic E-state index is -0.741. The van der Waals surface area contributed by atoms with Gasteiger partial charge >= 0.3 is 5.97 Å². The third-order valence-electron chi connectivity index (χ3n) is 3.34. The van der Waals surface area contributed by atoms with E-state index in [-0.39, 0.29) is 11.8 Å². The molecule has 0 amide bonds. The van der Waals surface area contributed by atoms with E-state index in [1.165, 1.54) is 0 Å². The van der Waals surface area contributed by atoms with Crippen LogP contribution in [0.1, 0.15) is 46.0 Å². The molecule has 0 bridgehead atoms. The van der Waals surface area contributed by atoms with Gasteiger partial charge < -0.3 is 10.2 Å². The third kappa shape index (κ3) is 3.49. The highest BCUT2D eigenvalue weighted by Gasteiger charge is 2.35. The fourth-order valence-corrected chi connectivity index (χ4v) is 2.58. The largest absolute Gasteiger partial charge is 0.481 e. The van der Waals surface area contributed by atoms with Crippen LogP contribution >= 0.6 is 0 Å². The molecule has 0 aromatic rings. The van der Waals surface area contributed by atoms with E-state index in [0.29, 0.717) is 12.3 Å². The van der Waals surface area contributed by atoms with E-state index in [0.717, 1.165) is 25.7 Å². The number of aliphatic carboxylic acids is 1. The summed E-state index contributed by atoms with van der Waals surface area (Å²) in [4.78, 5) is 11.2. The minimum Gasteiger partial charge on any atom is -0.481 e. The molecule has 0 spiro atoms. The van der Waals surface area contributed by atoms with Gasteiger partial charge in [0.2, 0.25) is 0 Å². The van der Waals surface area contributed by atoms with Crippen LogP contribution in [0.4, 0.5) is 0 Å². The molecule has 1 rings (SSSR count). The standard InChI is InChI=1S/C12H22O3/c1-8(2)7-10(12(14)15)9-5-3-4-6-11(9)13/h8-11,13H,3-7H2,1-2H3,(H,14,15). The summed E-state index contributed by atoms with van der Waals surface area (Å²) in [5.41, 5.74) is 0. The molecule has 2 N–H and O–H groups in total. The Labute approximate surface area is 91.5 Å². The fourth-order valence-electron chi connectivity index (χ4n) is 2.58. The highest BCUT2D eigenvalue weighted by molar-refractivity contribution is 5.70. The molecule has 0 aromatic carbocycles. The molecule has 3 nitrogen and oxygen atoms in total. The first kappa shape index (κ1) is 12.5. The highest BCUT2D eigenvalue weighted by atomic mass is 16.4. The van der Waals surface area contributed by atoms with Crippen LogP contribution in [0.2, 0.25) is 0 Å². The number of carbonyl (C=O) groups is 1. The molecular weight excluding hydrogens is 192 g/mol. The van der Waals surface area contributed by atoms with Crippen LogP contribution < -0.4 is 0 Å². The summed E-state index contributed by atoms with van der Waals surface area (Å²) in [6.45, 7) is 4.07. The maximum absolute atomic E-state index is 11.2. The van der Waals surface area contributed by atoms with Crippen molar-refractivity contribution in [3.63, 3.8) is 0 Å². The Morgan fingerprint density at radius 3 is 2.40 bits per heavy atom. The van der Waals surface area contributed by atoms with Crippen molar-refractivity contribution in [3.8, 4) is 0 Å². The second-order valence-corrected chi connectivity index (χ2v) is 5.09. The number of hydrogen-bond donors (Lipinski definition) is 2. The Hall–Kier alpha value is -0.570. The van der Waals surface area contributed by atoms with Crippen LogP contribution in [-0.2, 0) is 4.79 Å². The van der Waals surface area contributed by atoms with Crippen molar-refractivity contribution in [1.82, 2.24) is 0 Å². The first-order valence-electron chi connectivity index (χ1n) is 5.93. The average molecular weight is 214 g/mol. The smallest absolute Gasteiger partial charge is 0.306 e. The van der Waals surface area contributed by atoms with Crippen molar-refractivity contribution >= 4 is 5.97 Å². The molecular formula is C12H22O3. The Morgan fingerprint density at radius 1 is 1.33 bits per heavy atom. The molecule has 0 aliphatic heterocycles. The van der Waals surface area contributed by atoms with Gasteiger partial charge in [0.1, 0.15) is 0 Å². The van der Waals surface area contributed by atoms with E-state index in [2.05, 4.69) is 0 Å². The highest BCUT2D eigenvalue weighted by Crippen LogP contribution is 2.33. The molecule has 1 aliphatic rings. The van der Waals surface area contributed by atoms with Gasteiger partial charge in [0.05, 0.1) is 12.0 Å². The number of rotatable bonds is 4. The monoisotopic (exact) mass is 214 g/mol. The van der Waals surface area contributed by atoms with Crippen molar-refractivity contribution in [1.29, 1.82) is 0 Å². The summed E-state index contributed by atoms with van der Waals surface area (Å²) in [5.74, 6) is -0.756. The molecule has 1 saturated carbocycles. The Morgan fingerprint density at radius 2 is 1.93 bits per heavy atom. The third-order valence-corrected chi connectivity index (χ3v) is 3.34. The summed E-state index contributed by atoms with van der Waals surface area (Å²) in [6, 6.07) is 0. The van der Waals surface area contributed by atoms with Gasteiger partial charge in [-0.2, -0.15) is 0 Å². The molecule has 3 heteroatoms. The second-order valence-electron chi connectivity index (χ2n) is 5.09. The Bertz CT molecular complexity index is 213. The fraction of sp³-hybridized carbons (Fsp3) is 0.917. The molecule has 3 atom stereocenters. The van der Waals surface area contributed by atoms with Gasteiger partial charge in [-0.3, -0.25) is 4.79 Å². The average Bonchev–Trinajstić information content (AvgIpc) is 2.15. The number of carboxylic acid groups (broad SMARTS) is 1. The lowest BCUT2D eigenvalue weighted by atomic mass is 9.75. The van der Waals surface area contributed by atoms with Crippen LogP contribution in [0.25, 0.3) is 0 Å². The Kier molecular flexibility index (Phi) is 4.58. The van der Waals surface area contributed by atoms with E-state index >= 15 is 0 Å². The lowest BCUT2D eigenvalue weighted by Gasteiger charge is -2.32. The van der Waals surface area contributed by atoms with Crippen LogP contribution in [0.5, 0.6) is 0 Å². The Balaban J connectivity index is 2.64. The van der Waals surface area contributed by atoms with Gasteiger partial charge in [-0.05, 0) is 31.1 Å². The van der Waals surface area contributed by atoms with E-state index in [9.17, 15) is 15.0 Å². The summed E-state index contributed by atoms with van der Waals surface area (Å²) >= 11 is 0. The molecule has 1 aliphatic carbocycles. The lowest BCUT2D eigenvalue weighted by Crippen LogP contribution is -2.35. The normalized spacial score (nSPS) is 29.1. The zero-order valence-electron chi connectivity index (χ0n) is 9.65. The van der Waals surface area contributed by atoms with Crippen LogP contribution in [-0.4, -0.2) is 22.3 Å². The SMILES string of the molecule is CC(C)CC(C(=O)O)C1CCCCC1O. The molecule has 0 radical (unpaired) electrons. The van der Waals surface area contributed by atoms with E-state index in [1.54, 1.807) is 0 Å². The van der Waals surface area contributed by atoms with Gasteiger partial charge in [-0.15, -0.1) is 0 Å². The molecule has 0 aromatic heterocycles. The van der Waals surface area contributed by atoms with Gasteiger partial charge in [-0.1, -0.05) is 26.7 Å². The van der Waals surface area contributed by atoms with E-state index in [1.807, 2.05) is 13.8 Å². The van der Waals surface area contributed by atoms with Crippen molar-refractivity contribution in [2.24, 2.45) is 17.8 Å². The van der Waals surface area contributed by atoms with Gasteiger partial charge in [-0.25, -0.2) is 0 Å². The predicted molar refractivity (Wildman–Crippen MR) is 58.5 cm³/mol.